The Bertz CT molecular complexity index is 1040. The fourth-order valence-electron chi connectivity index (χ4n) is 4.62. The van der Waals surface area contributed by atoms with E-state index in [1.54, 1.807) is 30.3 Å². The zero-order chi connectivity index (χ0) is 23.6. The molecule has 1 aliphatic carbocycles. The first-order chi connectivity index (χ1) is 15.7. The fraction of sp³-hybridized carbons (Fsp3) is 0.375. The third-order valence-electron chi connectivity index (χ3n) is 6.16. The molecule has 0 aromatic heterocycles. The maximum atomic E-state index is 13.4. The third-order valence-corrected chi connectivity index (χ3v) is 6.16. The summed E-state index contributed by atoms with van der Waals surface area (Å²) in [5.74, 6) is -1.41. The van der Waals surface area contributed by atoms with Crippen molar-refractivity contribution in [1.29, 1.82) is 0 Å². The van der Waals surface area contributed by atoms with Crippen LogP contribution in [-0.4, -0.2) is 40.7 Å². The molecule has 2 N–H and O–H groups in total. The summed E-state index contributed by atoms with van der Waals surface area (Å²) in [5, 5.41) is 5.38. The molecule has 0 spiro atoms. The van der Waals surface area contributed by atoms with E-state index in [9.17, 15) is 27.6 Å². The SMILES string of the molecule is O=C(C[C@H]1C(=O)N[C@H]2CCCC[C@H]2N1C(=O)c1ccccc1)Nc1cccc(C(F)(F)F)c1. The van der Waals surface area contributed by atoms with Gasteiger partial charge in [-0.05, 0) is 43.2 Å². The second-order valence-electron chi connectivity index (χ2n) is 8.39. The van der Waals surface area contributed by atoms with E-state index in [-0.39, 0.29) is 30.1 Å². The first-order valence-electron chi connectivity index (χ1n) is 10.9. The predicted octanol–water partition coefficient (Wildman–Crippen LogP) is 3.99. The van der Waals surface area contributed by atoms with E-state index in [0.717, 1.165) is 31.4 Å². The number of hydrogen-bond acceptors (Lipinski definition) is 3. The lowest BCUT2D eigenvalue weighted by molar-refractivity contribution is -0.137. The summed E-state index contributed by atoms with van der Waals surface area (Å²) in [7, 11) is 0. The normalized spacial score (nSPS) is 22.8. The van der Waals surface area contributed by atoms with Crippen molar-refractivity contribution < 1.29 is 27.6 Å². The molecule has 9 heteroatoms. The van der Waals surface area contributed by atoms with Gasteiger partial charge in [-0.25, -0.2) is 0 Å². The maximum Gasteiger partial charge on any atom is 0.416 e. The number of rotatable bonds is 4. The minimum absolute atomic E-state index is 0.0254. The summed E-state index contributed by atoms with van der Waals surface area (Å²) in [4.78, 5) is 40.6. The number of amides is 3. The molecule has 1 heterocycles. The lowest BCUT2D eigenvalue weighted by Gasteiger charge is -2.48. The summed E-state index contributed by atoms with van der Waals surface area (Å²) >= 11 is 0. The van der Waals surface area contributed by atoms with Crippen molar-refractivity contribution in [2.45, 2.75) is 56.4 Å². The Morgan fingerprint density at radius 1 is 1.03 bits per heavy atom. The Hall–Kier alpha value is -3.36. The van der Waals surface area contributed by atoms with Crippen LogP contribution in [0.4, 0.5) is 18.9 Å². The number of benzene rings is 2. The molecule has 2 aromatic carbocycles. The second-order valence-corrected chi connectivity index (χ2v) is 8.39. The number of nitrogens with one attached hydrogen (secondary N) is 2. The van der Waals surface area contributed by atoms with Crippen molar-refractivity contribution in [3.8, 4) is 0 Å². The van der Waals surface area contributed by atoms with Gasteiger partial charge in [0.15, 0.2) is 0 Å². The minimum atomic E-state index is -4.54. The maximum absolute atomic E-state index is 13.4. The van der Waals surface area contributed by atoms with Gasteiger partial charge in [0.2, 0.25) is 11.8 Å². The number of piperazine rings is 1. The largest absolute Gasteiger partial charge is 0.416 e. The number of anilines is 1. The molecular formula is C24H24F3N3O3. The van der Waals surface area contributed by atoms with Gasteiger partial charge in [-0.3, -0.25) is 14.4 Å². The second kappa shape index (κ2) is 9.25. The van der Waals surface area contributed by atoms with E-state index < -0.39 is 29.6 Å². The Morgan fingerprint density at radius 3 is 2.48 bits per heavy atom. The number of carbonyl (C=O) groups is 3. The van der Waals surface area contributed by atoms with Gasteiger partial charge in [-0.2, -0.15) is 13.2 Å². The Morgan fingerprint density at radius 2 is 1.76 bits per heavy atom. The monoisotopic (exact) mass is 459 g/mol. The van der Waals surface area contributed by atoms with E-state index in [2.05, 4.69) is 10.6 Å². The summed E-state index contributed by atoms with van der Waals surface area (Å²) in [6, 6.07) is 11.4. The van der Waals surface area contributed by atoms with Crippen LogP contribution < -0.4 is 10.6 Å². The van der Waals surface area contributed by atoms with Crippen LogP contribution in [0, 0.1) is 0 Å². The summed E-state index contributed by atoms with van der Waals surface area (Å²) < 4.78 is 38.9. The molecular weight excluding hydrogens is 435 g/mol. The highest BCUT2D eigenvalue weighted by atomic mass is 19.4. The molecule has 174 valence electrons. The van der Waals surface area contributed by atoms with Gasteiger partial charge in [0.25, 0.3) is 5.91 Å². The summed E-state index contributed by atoms with van der Waals surface area (Å²) in [6.07, 6.45) is -1.61. The van der Waals surface area contributed by atoms with Crippen molar-refractivity contribution in [1.82, 2.24) is 10.2 Å². The molecule has 0 unspecified atom stereocenters. The molecule has 4 rings (SSSR count). The number of alkyl halides is 3. The van der Waals surface area contributed by atoms with Crippen molar-refractivity contribution in [3.05, 3.63) is 65.7 Å². The molecule has 1 aliphatic heterocycles. The van der Waals surface area contributed by atoms with Crippen LogP contribution in [0.1, 0.15) is 48.0 Å². The van der Waals surface area contributed by atoms with E-state index in [4.69, 9.17) is 0 Å². The van der Waals surface area contributed by atoms with Gasteiger partial charge in [0.1, 0.15) is 6.04 Å². The van der Waals surface area contributed by atoms with Gasteiger partial charge in [-0.15, -0.1) is 0 Å². The van der Waals surface area contributed by atoms with Crippen LogP contribution in [0.15, 0.2) is 54.6 Å². The standard InChI is InChI=1S/C24H24F3N3O3/c25-24(26,27)16-9-6-10-17(13-16)28-21(31)14-20-22(32)29-18-11-4-5-12-19(18)30(20)23(33)15-7-2-1-3-8-15/h1-3,6-10,13,18-20H,4-5,11-12,14H2,(H,28,31)(H,29,32)/t18-,19+,20-/m0/s1. The van der Waals surface area contributed by atoms with Crippen LogP contribution in [0.5, 0.6) is 0 Å². The van der Waals surface area contributed by atoms with Crippen molar-refractivity contribution in [3.63, 3.8) is 0 Å². The van der Waals surface area contributed by atoms with Crippen molar-refractivity contribution >= 4 is 23.4 Å². The molecule has 0 bridgehead atoms. The minimum Gasteiger partial charge on any atom is -0.349 e. The fourth-order valence-corrected chi connectivity index (χ4v) is 4.62. The number of halogens is 3. The molecule has 3 amide bonds. The van der Waals surface area contributed by atoms with E-state index >= 15 is 0 Å². The summed E-state index contributed by atoms with van der Waals surface area (Å²) in [6.45, 7) is 0. The Kier molecular flexibility index (Phi) is 6.40. The third kappa shape index (κ3) is 5.02. The van der Waals surface area contributed by atoms with Gasteiger partial charge >= 0.3 is 6.18 Å². The molecule has 1 saturated carbocycles. The number of carbonyl (C=O) groups excluding carboxylic acids is 3. The molecule has 3 atom stereocenters. The van der Waals surface area contributed by atoms with Crippen LogP contribution in [0.2, 0.25) is 0 Å². The highest BCUT2D eigenvalue weighted by Crippen LogP contribution is 2.32. The Balaban J connectivity index is 1.57. The Labute approximate surface area is 189 Å². The molecule has 2 fully saturated rings. The number of nitrogens with zero attached hydrogens (tertiary/aromatic N) is 1. The van der Waals surface area contributed by atoms with E-state index in [0.29, 0.717) is 12.0 Å². The smallest absolute Gasteiger partial charge is 0.349 e. The summed E-state index contributed by atoms with van der Waals surface area (Å²) in [5.41, 5.74) is -0.496. The van der Waals surface area contributed by atoms with Gasteiger partial charge < -0.3 is 15.5 Å². The topological polar surface area (TPSA) is 78.5 Å². The van der Waals surface area contributed by atoms with Gasteiger partial charge in [0, 0.05) is 17.3 Å². The predicted molar refractivity (Wildman–Crippen MR) is 115 cm³/mol. The first kappa shape index (κ1) is 22.8. The van der Waals surface area contributed by atoms with Gasteiger partial charge in [-0.1, -0.05) is 37.1 Å². The average molecular weight is 459 g/mol. The van der Waals surface area contributed by atoms with Gasteiger partial charge in [0.05, 0.1) is 18.0 Å². The molecule has 1 saturated heterocycles. The highest BCUT2D eigenvalue weighted by Gasteiger charge is 2.46. The highest BCUT2D eigenvalue weighted by molar-refractivity contribution is 6.01. The quantitative estimate of drug-likeness (QED) is 0.726. The lowest BCUT2D eigenvalue weighted by atomic mass is 9.84. The zero-order valence-corrected chi connectivity index (χ0v) is 17.8. The molecule has 2 aliphatic rings. The van der Waals surface area contributed by atoms with E-state index in [1.165, 1.54) is 17.0 Å². The van der Waals surface area contributed by atoms with Crippen LogP contribution >= 0.6 is 0 Å². The average Bonchev–Trinajstić information content (AvgIpc) is 2.79. The lowest BCUT2D eigenvalue weighted by Crippen LogP contribution is -2.68. The molecule has 0 radical (unpaired) electrons. The van der Waals surface area contributed by atoms with Crippen molar-refractivity contribution in [2.24, 2.45) is 0 Å². The van der Waals surface area contributed by atoms with Crippen LogP contribution in [-0.2, 0) is 15.8 Å². The van der Waals surface area contributed by atoms with Crippen LogP contribution in [0.3, 0.4) is 0 Å². The number of fused-ring (bicyclic) bond motifs is 1. The van der Waals surface area contributed by atoms with Crippen molar-refractivity contribution in [2.75, 3.05) is 5.32 Å². The molecule has 6 nitrogen and oxygen atoms in total. The molecule has 2 aromatic rings. The van der Waals surface area contributed by atoms with E-state index in [1.807, 2.05) is 0 Å². The molecule has 33 heavy (non-hydrogen) atoms. The van der Waals surface area contributed by atoms with Crippen LogP contribution in [0.25, 0.3) is 0 Å². The number of hydrogen-bond donors (Lipinski definition) is 2. The zero-order valence-electron chi connectivity index (χ0n) is 17.8. The first-order valence-corrected chi connectivity index (χ1v) is 10.9.